The highest BCUT2D eigenvalue weighted by Gasteiger charge is 2.37. The SMILES string of the molecule is Cc1ccc(C(=O)C2=CN(c3cccc(C(F)(F)F)c3)c3ccccc3S2(=O)=O)cc1. The molecule has 3 aromatic rings. The number of rotatable bonds is 3. The average Bonchev–Trinajstić information content (AvgIpc) is 2.73. The van der Waals surface area contributed by atoms with Gasteiger partial charge in [0.15, 0.2) is 0 Å². The quantitative estimate of drug-likeness (QED) is 0.490. The van der Waals surface area contributed by atoms with Gasteiger partial charge in [-0.2, -0.15) is 13.2 Å². The fraction of sp³-hybridized carbons (Fsp3) is 0.0870. The molecule has 0 unspecified atom stereocenters. The maximum atomic E-state index is 13.2. The van der Waals surface area contributed by atoms with E-state index in [4.69, 9.17) is 0 Å². The summed E-state index contributed by atoms with van der Waals surface area (Å²) in [6.07, 6.45) is -3.48. The van der Waals surface area contributed by atoms with Gasteiger partial charge >= 0.3 is 6.18 Å². The van der Waals surface area contributed by atoms with E-state index in [-0.39, 0.29) is 21.8 Å². The molecule has 0 bridgehead atoms. The summed E-state index contributed by atoms with van der Waals surface area (Å²) < 4.78 is 66.1. The zero-order valence-electron chi connectivity index (χ0n) is 16.2. The summed E-state index contributed by atoms with van der Waals surface area (Å²) in [4.78, 5) is 13.7. The lowest BCUT2D eigenvalue weighted by Gasteiger charge is -2.29. The minimum atomic E-state index is -4.57. The van der Waals surface area contributed by atoms with Crippen molar-refractivity contribution >= 4 is 27.0 Å². The number of benzene rings is 3. The number of aryl methyl sites for hydroxylation is 1. The van der Waals surface area contributed by atoms with Crippen molar-refractivity contribution in [2.45, 2.75) is 18.0 Å². The van der Waals surface area contributed by atoms with Gasteiger partial charge in [-0.25, -0.2) is 8.42 Å². The minimum Gasteiger partial charge on any atom is -0.314 e. The van der Waals surface area contributed by atoms with E-state index >= 15 is 0 Å². The highest BCUT2D eigenvalue weighted by molar-refractivity contribution is 7.96. The first-order valence-corrected chi connectivity index (χ1v) is 10.7. The van der Waals surface area contributed by atoms with Crippen LogP contribution in [0.3, 0.4) is 0 Å². The van der Waals surface area contributed by atoms with Gasteiger partial charge in [0.05, 0.1) is 16.1 Å². The van der Waals surface area contributed by atoms with E-state index in [1.807, 2.05) is 6.92 Å². The number of para-hydroxylation sites is 1. The molecule has 0 saturated heterocycles. The van der Waals surface area contributed by atoms with Crippen molar-refractivity contribution in [3.63, 3.8) is 0 Å². The lowest BCUT2D eigenvalue weighted by Crippen LogP contribution is -2.26. The van der Waals surface area contributed by atoms with E-state index in [1.54, 1.807) is 18.2 Å². The number of carbonyl (C=O) groups excluding carboxylic acids is 1. The molecule has 1 aliphatic heterocycles. The molecule has 0 radical (unpaired) electrons. The Morgan fingerprint density at radius 2 is 1.58 bits per heavy atom. The lowest BCUT2D eigenvalue weighted by molar-refractivity contribution is -0.137. The Bertz CT molecular complexity index is 1310. The molecule has 0 saturated carbocycles. The maximum Gasteiger partial charge on any atom is 0.416 e. The topological polar surface area (TPSA) is 54.5 Å². The summed E-state index contributed by atoms with van der Waals surface area (Å²) >= 11 is 0. The number of allylic oxidation sites excluding steroid dienone is 1. The first-order chi connectivity index (χ1) is 14.6. The van der Waals surface area contributed by atoms with Crippen molar-refractivity contribution in [1.29, 1.82) is 0 Å². The number of hydrogen-bond acceptors (Lipinski definition) is 4. The lowest BCUT2D eigenvalue weighted by atomic mass is 10.1. The predicted octanol–water partition coefficient (Wildman–Crippen LogP) is 5.66. The van der Waals surface area contributed by atoms with Gasteiger partial charge in [-0.05, 0) is 37.3 Å². The van der Waals surface area contributed by atoms with E-state index in [0.717, 1.165) is 23.9 Å². The summed E-state index contributed by atoms with van der Waals surface area (Å²) in [6, 6.07) is 16.8. The number of carbonyl (C=O) groups is 1. The van der Waals surface area contributed by atoms with Crippen LogP contribution in [0.5, 0.6) is 0 Å². The van der Waals surface area contributed by atoms with Gasteiger partial charge in [0.25, 0.3) is 0 Å². The van der Waals surface area contributed by atoms with Crippen LogP contribution >= 0.6 is 0 Å². The first-order valence-electron chi connectivity index (χ1n) is 9.23. The average molecular weight is 443 g/mol. The normalized spacial score (nSPS) is 15.2. The molecule has 1 aliphatic rings. The summed E-state index contributed by atoms with van der Waals surface area (Å²) in [6.45, 7) is 1.83. The van der Waals surface area contributed by atoms with Crippen LogP contribution in [0.4, 0.5) is 24.5 Å². The van der Waals surface area contributed by atoms with E-state index in [1.165, 1.54) is 47.4 Å². The van der Waals surface area contributed by atoms with Crippen molar-refractivity contribution in [2.75, 3.05) is 4.90 Å². The van der Waals surface area contributed by atoms with Crippen LogP contribution in [0, 0.1) is 6.92 Å². The fourth-order valence-corrected chi connectivity index (χ4v) is 4.87. The third-order valence-electron chi connectivity index (χ3n) is 4.94. The summed E-state index contributed by atoms with van der Waals surface area (Å²) in [5.41, 5.74) is 0.446. The molecule has 8 heteroatoms. The minimum absolute atomic E-state index is 0.0892. The zero-order valence-corrected chi connectivity index (χ0v) is 17.0. The molecule has 158 valence electrons. The largest absolute Gasteiger partial charge is 0.416 e. The van der Waals surface area contributed by atoms with Crippen molar-refractivity contribution in [3.8, 4) is 0 Å². The second kappa shape index (κ2) is 7.39. The number of ketones is 1. The fourth-order valence-electron chi connectivity index (χ4n) is 3.33. The first kappa shape index (κ1) is 20.9. The Balaban J connectivity index is 1.91. The molecule has 0 N–H and O–H groups in total. The van der Waals surface area contributed by atoms with Crippen LogP contribution in [0.2, 0.25) is 0 Å². The molecule has 4 rings (SSSR count). The molecule has 1 heterocycles. The Morgan fingerprint density at radius 3 is 2.26 bits per heavy atom. The van der Waals surface area contributed by atoms with Crippen molar-refractivity contribution < 1.29 is 26.4 Å². The van der Waals surface area contributed by atoms with Gasteiger partial charge in [-0.1, -0.05) is 48.0 Å². The Labute approximate surface area is 177 Å². The molecular weight excluding hydrogens is 427 g/mol. The second-order valence-corrected chi connectivity index (χ2v) is 8.96. The number of alkyl halides is 3. The molecule has 4 nitrogen and oxygen atoms in total. The second-order valence-electron chi connectivity index (χ2n) is 7.08. The third kappa shape index (κ3) is 3.74. The summed E-state index contributed by atoms with van der Waals surface area (Å²) in [5, 5.41) is 0. The molecule has 0 aliphatic carbocycles. The monoisotopic (exact) mass is 443 g/mol. The van der Waals surface area contributed by atoms with Crippen molar-refractivity contribution in [1.82, 2.24) is 0 Å². The molecule has 0 atom stereocenters. The number of sulfone groups is 1. The van der Waals surface area contributed by atoms with Gasteiger partial charge in [-0.15, -0.1) is 0 Å². The standard InChI is InChI=1S/C23H16F3NO3S/c1-15-9-11-16(12-10-15)22(28)21-14-27(18-6-4-5-17(13-18)23(24,25)26)19-7-2-3-8-20(19)31(21,29)30/h2-14H,1H3. The smallest absolute Gasteiger partial charge is 0.314 e. The van der Waals surface area contributed by atoms with E-state index in [0.29, 0.717) is 0 Å². The van der Waals surface area contributed by atoms with Gasteiger partial charge in [0.1, 0.15) is 4.91 Å². The maximum absolute atomic E-state index is 13.2. The van der Waals surface area contributed by atoms with Crippen molar-refractivity contribution in [2.24, 2.45) is 0 Å². The van der Waals surface area contributed by atoms with Crippen LogP contribution in [-0.4, -0.2) is 14.2 Å². The highest BCUT2D eigenvalue weighted by atomic mass is 32.2. The highest BCUT2D eigenvalue weighted by Crippen LogP contribution is 2.41. The van der Waals surface area contributed by atoms with Crippen LogP contribution in [-0.2, 0) is 16.0 Å². The number of nitrogens with zero attached hydrogens (tertiary/aromatic N) is 1. The van der Waals surface area contributed by atoms with Gasteiger partial charge in [0, 0.05) is 17.5 Å². The van der Waals surface area contributed by atoms with Gasteiger partial charge < -0.3 is 4.90 Å². The van der Waals surface area contributed by atoms with Gasteiger partial charge in [-0.3, -0.25) is 4.79 Å². The number of Topliss-reactive ketones (excluding diaryl/α,β-unsaturated/α-hetero) is 1. The number of anilines is 2. The van der Waals surface area contributed by atoms with Crippen molar-refractivity contribution in [3.05, 3.63) is 101 Å². The summed E-state index contributed by atoms with van der Waals surface area (Å²) in [5.74, 6) is -0.730. The Morgan fingerprint density at radius 1 is 0.903 bits per heavy atom. The molecule has 3 aromatic carbocycles. The van der Waals surface area contributed by atoms with Crippen LogP contribution in [0.25, 0.3) is 0 Å². The summed E-state index contributed by atoms with van der Waals surface area (Å²) in [7, 11) is -4.17. The number of hydrogen-bond donors (Lipinski definition) is 0. The Kier molecular flexibility index (Phi) is 4.97. The molecule has 0 aromatic heterocycles. The van der Waals surface area contributed by atoms with Crippen LogP contribution in [0.15, 0.2) is 88.8 Å². The number of fused-ring (bicyclic) bond motifs is 1. The third-order valence-corrected chi connectivity index (χ3v) is 6.73. The van der Waals surface area contributed by atoms with E-state index < -0.39 is 32.3 Å². The van der Waals surface area contributed by atoms with E-state index in [9.17, 15) is 26.4 Å². The molecule has 0 spiro atoms. The van der Waals surface area contributed by atoms with Crippen LogP contribution < -0.4 is 4.90 Å². The van der Waals surface area contributed by atoms with E-state index in [2.05, 4.69) is 0 Å². The molecular formula is C23H16F3NO3S. The molecule has 0 amide bonds. The number of halogens is 3. The van der Waals surface area contributed by atoms with Crippen LogP contribution in [0.1, 0.15) is 21.5 Å². The Hall–Kier alpha value is -3.39. The van der Waals surface area contributed by atoms with Gasteiger partial charge in [0.2, 0.25) is 15.6 Å². The predicted molar refractivity (Wildman–Crippen MR) is 111 cm³/mol. The zero-order chi connectivity index (χ0) is 22.4. The molecule has 31 heavy (non-hydrogen) atoms. The molecule has 0 fully saturated rings.